The van der Waals surface area contributed by atoms with Crippen molar-refractivity contribution < 1.29 is 9.90 Å². The Labute approximate surface area is 121 Å². The first-order valence-electron chi connectivity index (χ1n) is 7.55. The Morgan fingerprint density at radius 3 is 2.30 bits per heavy atom. The Kier molecular flexibility index (Phi) is 4.81. The topological polar surface area (TPSA) is 49.3 Å². The zero-order chi connectivity index (χ0) is 14.7. The van der Waals surface area contributed by atoms with Gasteiger partial charge in [-0.05, 0) is 49.1 Å². The summed E-state index contributed by atoms with van der Waals surface area (Å²) in [6.07, 6.45) is 3.15. The normalized spacial score (nSPS) is 18.0. The second-order valence-corrected chi connectivity index (χ2v) is 6.38. The summed E-state index contributed by atoms with van der Waals surface area (Å²) in [5.41, 5.74) is 2.50. The maximum Gasteiger partial charge on any atom is 0.320 e. The SMILES string of the molecule is CC(C)Cc1ccc(C(C)NC(C(=O)O)C2CC2)cc1. The predicted octanol–water partition coefficient (Wildman–Crippen LogP) is 3.40. The molecule has 2 atom stereocenters. The molecule has 0 spiro atoms. The Morgan fingerprint density at radius 1 is 1.25 bits per heavy atom. The number of carboxylic acid groups (broad SMARTS) is 1. The zero-order valence-electron chi connectivity index (χ0n) is 12.6. The number of rotatable bonds is 7. The fraction of sp³-hybridized carbons (Fsp3) is 0.588. The van der Waals surface area contributed by atoms with Crippen LogP contribution in [0, 0.1) is 11.8 Å². The molecule has 2 unspecified atom stereocenters. The number of hydrogen-bond acceptors (Lipinski definition) is 2. The number of hydrogen-bond donors (Lipinski definition) is 2. The van der Waals surface area contributed by atoms with Gasteiger partial charge in [-0.15, -0.1) is 0 Å². The van der Waals surface area contributed by atoms with Gasteiger partial charge in [0.15, 0.2) is 0 Å². The highest BCUT2D eigenvalue weighted by molar-refractivity contribution is 5.74. The molecule has 0 amide bonds. The van der Waals surface area contributed by atoms with Crippen LogP contribution in [0.2, 0.25) is 0 Å². The first kappa shape index (κ1) is 15.0. The number of carboxylic acids is 1. The molecule has 0 aromatic heterocycles. The van der Waals surface area contributed by atoms with Gasteiger partial charge in [0.1, 0.15) is 6.04 Å². The van der Waals surface area contributed by atoms with E-state index in [4.69, 9.17) is 0 Å². The molecule has 0 saturated heterocycles. The van der Waals surface area contributed by atoms with Gasteiger partial charge in [-0.2, -0.15) is 0 Å². The van der Waals surface area contributed by atoms with Gasteiger partial charge in [-0.1, -0.05) is 38.1 Å². The van der Waals surface area contributed by atoms with Crippen molar-refractivity contribution in [2.75, 3.05) is 0 Å². The van der Waals surface area contributed by atoms with E-state index in [9.17, 15) is 9.90 Å². The van der Waals surface area contributed by atoms with Crippen molar-refractivity contribution in [3.63, 3.8) is 0 Å². The average Bonchev–Trinajstić information content (AvgIpc) is 3.19. The van der Waals surface area contributed by atoms with Crippen molar-refractivity contribution in [2.45, 2.75) is 52.1 Å². The van der Waals surface area contributed by atoms with Gasteiger partial charge in [0.25, 0.3) is 0 Å². The van der Waals surface area contributed by atoms with Gasteiger partial charge in [0.2, 0.25) is 0 Å². The second-order valence-electron chi connectivity index (χ2n) is 6.38. The molecule has 1 aliphatic rings. The molecule has 1 aliphatic carbocycles. The zero-order valence-corrected chi connectivity index (χ0v) is 12.6. The lowest BCUT2D eigenvalue weighted by Crippen LogP contribution is -2.40. The molecule has 2 rings (SSSR count). The summed E-state index contributed by atoms with van der Waals surface area (Å²) < 4.78 is 0. The van der Waals surface area contributed by atoms with Gasteiger partial charge >= 0.3 is 5.97 Å². The average molecular weight is 275 g/mol. The smallest absolute Gasteiger partial charge is 0.320 e. The lowest BCUT2D eigenvalue weighted by molar-refractivity contribution is -0.140. The molecular weight excluding hydrogens is 250 g/mol. The van der Waals surface area contributed by atoms with E-state index >= 15 is 0 Å². The first-order valence-corrected chi connectivity index (χ1v) is 7.55. The summed E-state index contributed by atoms with van der Waals surface area (Å²) in [6.45, 7) is 6.46. The lowest BCUT2D eigenvalue weighted by Gasteiger charge is -2.20. The number of carbonyl (C=O) groups is 1. The molecule has 1 saturated carbocycles. The molecule has 0 aliphatic heterocycles. The quantitative estimate of drug-likeness (QED) is 0.802. The van der Waals surface area contributed by atoms with Crippen LogP contribution >= 0.6 is 0 Å². The van der Waals surface area contributed by atoms with Crippen LogP contribution in [-0.4, -0.2) is 17.1 Å². The second kappa shape index (κ2) is 6.40. The Hall–Kier alpha value is -1.35. The minimum atomic E-state index is -0.726. The van der Waals surface area contributed by atoms with E-state index in [1.807, 2.05) is 6.92 Å². The van der Waals surface area contributed by atoms with E-state index in [1.165, 1.54) is 5.56 Å². The van der Waals surface area contributed by atoms with Crippen LogP contribution in [-0.2, 0) is 11.2 Å². The molecule has 1 aromatic rings. The number of benzene rings is 1. The first-order chi connectivity index (χ1) is 9.47. The van der Waals surface area contributed by atoms with E-state index in [0.717, 1.165) is 24.8 Å². The van der Waals surface area contributed by atoms with Crippen LogP contribution < -0.4 is 5.32 Å². The van der Waals surface area contributed by atoms with Crippen molar-refractivity contribution in [3.8, 4) is 0 Å². The third-order valence-electron chi connectivity index (χ3n) is 3.91. The van der Waals surface area contributed by atoms with Crippen LogP contribution in [0.15, 0.2) is 24.3 Å². The molecule has 3 nitrogen and oxygen atoms in total. The third kappa shape index (κ3) is 4.07. The molecular formula is C17H25NO2. The summed E-state index contributed by atoms with van der Waals surface area (Å²) in [7, 11) is 0. The van der Waals surface area contributed by atoms with Gasteiger partial charge in [-0.25, -0.2) is 0 Å². The van der Waals surface area contributed by atoms with Gasteiger partial charge < -0.3 is 5.11 Å². The molecule has 3 heteroatoms. The molecule has 110 valence electrons. The molecule has 2 N–H and O–H groups in total. The summed E-state index contributed by atoms with van der Waals surface area (Å²) in [5, 5.41) is 12.5. The Bertz CT molecular complexity index is 449. The Balaban J connectivity index is 1.97. The van der Waals surface area contributed by atoms with Crippen molar-refractivity contribution in [1.82, 2.24) is 5.32 Å². The van der Waals surface area contributed by atoms with Crippen LogP contribution in [0.3, 0.4) is 0 Å². The van der Waals surface area contributed by atoms with Crippen molar-refractivity contribution in [3.05, 3.63) is 35.4 Å². The predicted molar refractivity (Wildman–Crippen MR) is 80.7 cm³/mol. The molecule has 1 fully saturated rings. The van der Waals surface area contributed by atoms with Crippen molar-refractivity contribution >= 4 is 5.97 Å². The number of aliphatic carboxylic acids is 1. The van der Waals surface area contributed by atoms with E-state index in [0.29, 0.717) is 11.8 Å². The number of nitrogens with one attached hydrogen (secondary N) is 1. The van der Waals surface area contributed by atoms with Crippen LogP contribution in [0.4, 0.5) is 0 Å². The third-order valence-corrected chi connectivity index (χ3v) is 3.91. The van der Waals surface area contributed by atoms with Crippen LogP contribution in [0.1, 0.15) is 50.8 Å². The minimum absolute atomic E-state index is 0.0739. The molecule has 20 heavy (non-hydrogen) atoms. The summed E-state index contributed by atoms with van der Waals surface area (Å²) in [6, 6.07) is 8.20. The standard InChI is InChI=1S/C17H25NO2/c1-11(2)10-13-4-6-14(7-5-13)12(3)18-16(17(19)20)15-8-9-15/h4-7,11-12,15-16,18H,8-10H2,1-3H3,(H,19,20). The monoisotopic (exact) mass is 275 g/mol. The molecule has 0 radical (unpaired) electrons. The highest BCUT2D eigenvalue weighted by Crippen LogP contribution is 2.34. The van der Waals surface area contributed by atoms with E-state index < -0.39 is 12.0 Å². The highest BCUT2D eigenvalue weighted by atomic mass is 16.4. The molecule has 0 bridgehead atoms. The van der Waals surface area contributed by atoms with Crippen LogP contribution in [0.5, 0.6) is 0 Å². The van der Waals surface area contributed by atoms with Crippen molar-refractivity contribution in [2.24, 2.45) is 11.8 Å². The minimum Gasteiger partial charge on any atom is -0.480 e. The molecule has 0 heterocycles. The van der Waals surface area contributed by atoms with E-state index in [1.54, 1.807) is 0 Å². The van der Waals surface area contributed by atoms with Gasteiger partial charge in [0, 0.05) is 6.04 Å². The highest BCUT2D eigenvalue weighted by Gasteiger charge is 2.36. The van der Waals surface area contributed by atoms with Crippen molar-refractivity contribution in [1.29, 1.82) is 0 Å². The maximum atomic E-state index is 11.3. The van der Waals surface area contributed by atoms with Gasteiger partial charge in [-0.3, -0.25) is 10.1 Å². The fourth-order valence-corrected chi connectivity index (χ4v) is 2.62. The van der Waals surface area contributed by atoms with Crippen LogP contribution in [0.25, 0.3) is 0 Å². The van der Waals surface area contributed by atoms with E-state index in [2.05, 4.69) is 43.4 Å². The maximum absolute atomic E-state index is 11.3. The largest absolute Gasteiger partial charge is 0.480 e. The van der Waals surface area contributed by atoms with E-state index in [-0.39, 0.29) is 6.04 Å². The molecule has 1 aromatic carbocycles. The van der Waals surface area contributed by atoms with Gasteiger partial charge in [0.05, 0.1) is 0 Å². The lowest BCUT2D eigenvalue weighted by atomic mass is 9.99. The fourth-order valence-electron chi connectivity index (χ4n) is 2.62. The Morgan fingerprint density at radius 2 is 1.85 bits per heavy atom. The summed E-state index contributed by atoms with van der Waals surface area (Å²) in [5.74, 6) is 0.244. The summed E-state index contributed by atoms with van der Waals surface area (Å²) in [4.78, 5) is 11.3. The summed E-state index contributed by atoms with van der Waals surface area (Å²) >= 11 is 0.